The Morgan fingerprint density at radius 2 is 2.22 bits per heavy atom. The van der Waals surface area contributed by atoms with E-state index in [1.807, 2.05) is 16.8 Å². The summed E-state index contributed by atoms with van der Waals surface area (Å²) >= 11 is 1.65. The largest absolute Gasteiger partial charge is 0.339 e. The van der Waals surface area contributed by atoms with Gasteiger partial charge in [0.05, 0.1) is 0 Å². The number of hydrogen-bond acceptors (Lipinski definition) is 5. The van der Waals surface area contributed by atoms with Crippen molar-refractivity contribution in [1.82, 2.24) is 15.5 Å². The second kappa shape index (κ2) is 6.31. The average molecular weight is 286 g/mol. The molecule has 0 radical (unpaired) electrons. The number of hydrogen-bond donors (Lipinski definition) is 1. The van der Waals surface area contributed by atoms with Crippen LogP contribution < -0.4 is 5.32 Å². The first-order valence-corrected chi connectivity index (χ1v) is 6.92. The molecule has 18 heavy (non-hydrogen) atoms. The highest BCUT2D eigenvalue weighted by Gasteiger charge is 2.17. The van der Waals surface area contributed by atoms with Crippen LogP contribution in [-0.4, -0.2) is 23.2 Å². The predicted octanol–water partition coefficient (Wildman–Crippen LogP) is 2.76. The first-order valence-electron chi connectivity index (χ1n) is 5.98. The third kappa shape index (κ3) is 3.10. The average Bonchev–Trinajstić information content (AvgIpc) is 3.00. The Kier molecular flexibility index (Phi) is 4.74. The molecule has 1 saturated heterocycles. The molecule has 6 heteroatoms. The SMILES string of the molecule is Cl.c1cc(-c2noc(CC3CCNCC3)n2)cs1. The van der Waals surface area contributed by atoms with Crippen LogP contribution in [0.15, 0.2) is 21.3 Å². The van der Waals surface area contributed by atoms with Crippen LogP contribution in [0.5, 0.6) is 0 Å². The van der Waals surface area contributed by atoms with Crippen molar-refractivity contribution in [2.24, 2.45) is 5.92 Å². The number of thiophene rings is 1. The van der Waals surface area contributed by atoms with E-state index in [1.165, 1.54) is 12.8 Å². The Labute approximate surface area is 116 Å². The summed E-state index contributed by atoms with van der Waals surface area (Å²) in [4.78, 5) is 4.46. The van der Waals surface area contributed by atoms with Gasteiger partial charge in [-0.1, -0.05) is 5.16 Å². The second-order valence-electron chi connectivity index (χ2n) is 4.42. The Bertz CT molecular complexity index is 465. The highest BCUT2D eigenvalue weighted by atomic mass is 35.5. The first-order chi connectivity index (χ1) is 8.42. The summed E-state index contributed by atoms with van der Waals surface area (Å²) in [7, 11) is 0. The number of nitrogens with one attached hydrogen (secondary N) is 1. The van der Waals surface area contributed by atoms with E-state index >= 15 is 0 Å². The van der Waals surface area contributed by atoms with E-state index in [9.17, 15) is 0 Å². The van der Waals surface area contributed by atoms with Crippen molar-refractivity contribution < 1.29 is 4.52 Å². The summed E-state index contributed by atoms with van der Waals surface area (Å²) in [6.45, 7) is 2.21. The van der Waals surface area contributed by atoms with Gasteiger partial charge in [-0.2, -0.15) is 16.3 Å². The molecule has 1 fully saturated rings. The fourth-order valence-corrected chi connectivity index (χ4v) is 2.81. The van der Waals surface area contributed by atoms with Crippen LogP contribution in [0.3, 0.4) is 0 Å². The minimum atomic E-state index is 0. The van der Waals surface area contributed by atoms with Crippen LogP contribution in [0.25, 0.3) is 11.4 Å². The van der Waals surface area contributed by atoms with Gasteiger partial charge in [0.1, 0.15) is 0 Å². The van der Waals surface area contributed by atoms with E-state index in [4.69, 9.17) is 4.52 Å². The smallest absolute Gasteiger partial charge is 0.227 e. The summed E-state index contributed by atoms with van der Waals surface area (Å²) in [6, 6.07) is 2.02. The second-order valence-corrected chi connectivity index (χ2v) is 5.20. The van der Waals surface area contributed by atoms with Gasteiger partial charge in [-0.25, -0.2) is 0 Å². The first kappa shape index (κ1) is 13.5. The summed E-state index contributed by atoms with van der Waals surface area (Å²) < 4.78 is 5.31. The molecule has 0 aliphatic carbocycles. The van der Waals surface area contributed by atoms with Crippen molar-refractivity contribution in [3.05, 3.63) is 22.7 Å². The fraction of sp³-hybridized carbons (Fsp3) is 0.500. The van der Waals surface area contributed by atoms with Gasteiger partial charge in [-0.05, 0) is 43.3 Å². The quantitative estimate of drug-likeness (QED) is 0.942. The molecule has 0 bridgehead atoms. The molecular weight excluding hydrogens is 270 g/mol. The molecule has 1 aliphatic rings. The molecule has 0 saturated carbocycles. The number of rotatable bonds is 3. The van der Waals surface area contributed by atoms with Crippen molar-refractivity contribution in [3.8, 4) is 11.4 Å². The standard InChI is InChI=1S/C12H15N3OS.ClH/c1-4-13-5-2-9(1)7-11-14-12(15-16-11)10-3-6-17-8-10;/h3,6,8-9,13H,1-2,4-5,7H2;1H. The summed E-state index contributed by atoms with van der Waals surface area (Å²) in [5.41, 5.74) is 1.05. The maximum atomic E-state index is 5.31. The minimum Gasteiger partial charge on any atom is -0.339 e. The fourth-order valence-electron chi connectivity index (χ4n) is 2.18. The van der Waals surface area contributed by atoms with E-state index < -0.39 is 0 Å². The van der Waals surface area contributed by atoms with Crippen LogP contribution in [0.1, 0.15) is 18.7 Å². The highest BCUT2D eigenvalue weighted by molar-refractivity contribution is 7.08. The molecule has 0 amide bonds. The van der Waals surface area contributed by atoms with Crippen molar-refractivity contribution in [1.29, 1.82) is 0 Å². The number of nitrogens with zero attached hydrogens (tertiary/aromatic N) is 2. The Morgan fingerprint density at radius 1 is 1.39 bits per heavy atom. The summed E-state index contributed by atoms with van der Waals surface area (Å²) in [5, 5.41) is 11.5. The van der Waals surface area contributed by atoms with Crippen molar-refractivity contribution in [2.45, 2.75) is 19.3 Å². The third-order valence-corrected chi connectivity index (χ3v) is 3.85. The van der Waals surface area contributed by atoms with Crippen LogP contribution in [-0.2, 0) is 6.42 Å². The van der Waals surface area contributed by atoms with Gasteiger partial charge in [0.25, 0.3) is 0 Å². The molecule has 1 aliphatic heterocycles. The van der Waals surface area contributed by atoms with Crippen molar-refractivity contribution in [2.75, 3.05) is 13.1 Å². The van der Waals surface area contributed by atoms with Gasteiger partial charge in [0.2, 0.25) is 11.7 Å². The molecule has 3 rings (SSSR count). The summed E-state index contributed by atoms with van der Waals surface area (Å²) in [5.74, 6) is 2.18. The Morgan fingerprint density at radius 3 is 2.94 bits per heavy atom. The van der Waals surface area contributed by atoms with E-state index in [1.54, 1.807) is 11.3 Å². The molecule has 4 nitrogen and oxygen atoms in total. The number of piperidine rings is 1. The van der Waals surface area contributed by atoms with E-state index in [0.29, 0.717) is 5.92 Å². The number of halogens is 1. The molecule has 2 aromatic heterocycles. The lowest BCUT2D eigenvalue weighted by molar-refractivity contribution is 0.313. The van der Waals surface area contributed by atoms with Gasteiger partial charge in [0.15, 0.2) is 0 Å². The zero-order chi connectivity index (χ0) is 11.5. The maximum Gasteiger partial charge on any atom is 0.227 e. The molecule has 98 valence electrons. The monoisotopic (exact) mass is 285 g/mol. The lowest BCUT2D eigenvalue weighted by atomic mass is 9.95. The minimum absolute atomic E-state index is 0. The zero-order valence-electron chi connectivity index (χ0n) is 9.96. The van der Waals surface area contributed by atoms with Gasteiger partial charge < -0.3 is 9.84 Å². The molecule has 1 N–H and O–H groups in total. The Balaban J connectivity index is 0.00000120. The lowest BCUT2D eigenvalue weighted by Crippen LogP contribution is -2.28. The van der Waals surface area contributed by atoms with Gasteiger partial charge in [-0.3, -0.25) is 0 Å². The third-order valence-electron chi connectivity index (χ3n) is 3.17. The predicted molar refractivity (Wildman–Crippen MR) is 74.2 cm³/mol. The molecular formula is C12H16ClN3OS. The van der Waals surface area contributed by atoms with Crippen LogP contribution >= 0.6 is 23.7 Å². The molecule has 2 aromatic rings. The lowest BCUT2D eigenvalue weighted by Gasteiger charge is -2.20. The molecule has 0 unspecified atom stereocenters. The van der Waals surface area contributed by atoms with Crippen LogP contribution in [0, 0.1) is 5.92 Å². The van der Waals surface area contributed by atoms with Gasteiger partial charge in [0, 0.05) is 17.4 Å². The van der Waals surface area contributed by atoms with E-state index in [-0.39, 0.29) is 12.4 Å². The van der Waals surface area contributed by atoms with Crippen molar-refractivity contribution in [3.63, 3.8) is 0 Å². The van der Waals surface area contributed by atoms with Gasteiger partial charge in [-0.15, -0.1) is 12.4 Å². The van der Waals surface area contributed by atoms with Crippen LogP contribution in [0.2, 0.25) is 0 Å². The van der Waals surface area contributed by atoms with E-state index in [0.717, 1.165) is 36.8 Å². The summed E-state index contributed by atoms with van der Waals surface area (Å²) in [6.07, 6.45) is 3.32. The Hall–Kier alpha value is -0.910. The molecule has 3 heterocycles. The van der Waals surface area contributed by atoms with Crippen molar-refractivity contribution >= 4 is 23.7 Å². The highest BCUT2D eigenvalue weighted by Crippen LogP contribution is 2.21. The molecule has 0 atom stereocenters. The zero-order valence-corrected chi connectivity index (χ0v) is 11.6. The van der Waals surface area contributed by atoms with Crippen LogP contribution in [0.4, 0.5) is 0 Å². The molecule has 0 spiro atoms. The number of aromatic nitrogens is 2. The topological polar surface area (TPSA) is 51.0 Å². The normalized spacial score (nSPS) is 16.4. The molecule has 0 aromatic carbocycles. The van der Waals surface area contributed by atoms with E-state index in [2.05, 4.69) is 15.5 Å². The van der Waals surface area contributed by atoms with Gasteiger partial charge >= 0.3 is 0 Å². The maximum absolute atomic E-state index is 5.31.